The minimum absolute atomic E-state index is 0.000417. The van der Waals surface area contributed by atoms with Crippen LogP contribution in [0.25, 0.3) is 0 Å². The van der Waals surface area contributed by atoms with Crippen LogP contribution in [-0.2, 0) is 11.2 Å². The molecule has 1 saturated heterocycles. The molecule has 5 nitrogen and oxygen atoms in total. The van der Waals surface area contributed by atoms with Crippen LogP contribution in [-0.4, -0.2) is 48.8 Å². The summed E-state index contributed by atoms with van der Waals surface area (Å²) in [5.41, 5.74) is 12.9. The quantitative estimate of drug-likeness (QED) is 0.764. The molecule has 1 aliphatic heterocycles. The highest BCUT2D eigenvalue weighted by Gasteiger charge is 2.24. The van der Waals surface area contributed by atoms with E-state index >= 15 is 0 Å². The lowest BCUT2D eigenvalue weighted by Crippen LogP contribution is -2.50. The zero-order valence-corrected chi connectivity index (χ0v) is 10.2. The summed E-state index contributed by atoms with van der Waals surface area (Å²) in [4.78, 5) is 6.21. The van der Waals surface area contributed by atoms with Crippen molar-refractivity contribution in [2.75, 3.05) is 32.5 Å². The average molecular weight is 236 g/mol. The largest absolute Gasteiger partial charge is 0.384 e. The van der Waals surface area contributed by atoms with Gasteiger partial charge < -0.3 is 21.1 Å². The van der Waals surface area contributed by atoms with Crippen molar-refractivity contribution in [2.45, 2.75) is 18.6 Å². The van der Waals surface area contributed by atoms with Gasteiger partial charge in [-0.05, 0) is 31.2 Å². The Balaban J connectivity index is 1.94. The third-order valence-corrected chi connectivity index (χ3v) is 3.09. The van der Waals surface area contributed by atoms with Crippen molar-refractivity contribution in [2.24, 2.45) is 5.73 Å². The monoisotopic (exact) mass is 236 g/mol. The Morgan fingerprint density at radius 2 is 2.47 bits per heavy atom. The second-order valence-corrected chi connectivity index (χ2v) is 4.63. The Labute approximate surface area is 102 Å². The molecular weight excluding hydrogens is 216 g/mol. The fraction of sp³-hybridized carbons (Fsp3) is 0.583. The number of aromatic nitrogens is 1. The Morgan fingerprint density at radius 3 is 3.18 bits per heavy atom. The third kappa shape index (κ3) is 3.39. The van der Waals surface area contributed by atoms with Gasteiger partial charge in [0.05, 0.1) is 12.7 Å². The van der Waals surface area contributed by atoms with E-state index in [1.54, 1.807) is 6.20 Å². The maximum atomic E-state index is 6.18. The summed E-state index contributed by atoms with van der Waals surface area (Å²) in [5, 5.41) is 0. The summed E-state index contributed by atoms with van der Waals surface area (Å²) in [6.45, 7) is 2.63. The standard InChI is InChI=1S/C12H20N4O/c1-16-4-5-17-11(8-16)10(13)6-9-2-3-15-12(14)7-9/h2-3,7,10-11H,4-6,8,13H2,1H3,(H2,14,15). The number of hydrogen-bond acceptors (Lipinski definition) is 5. The number of rotatable bonds is 3. The molecule has 17 heavy (non-hydrogen) atoms. The molecule has 0 aromatic carbocycles. The van der Waals surface area contributed by atoms with Crippen LogP contribution in [0.2, 0.25) is 0 Å². The highest BCUT2D eigenvalue weighted by molar-refractivity contribution is 5.32. The summed E-state index contributed by atoms with van der Waals surface area (Å²) < 4.78 is 5.70. The van der Waals surface area contributed by atoms with Crippen molar-refractivity contribution < 1.29 is 4.74 Å². The van der Waals surface area contributed by atoms with Gasteiger partial charge in [0.25, 0.3) is 0 Å². The van der Waals surface area contributed by atoms with Crippen molar-refractivity contribution in [3.8, 4) is 0 Å². The lowest BCUT2D eigenvalue weighted by atomic mass is 10.0. The van der Waals surface area contributed by atoms with E-state index in [-0.39, 0.29) is 12.1 Å². The van der Waals surface area contributed by atoms with Crippen LogP contribution in [0.5, 0.6) is 0 Å². The Hall–Kier alpha value is -1.17. The molecule has 1 aliphatic rings. The van der Waals surface area contributed by atoms with Crippen molar-refractivity contribution >= 4 is 5.82 Å². The van der Waals surface area contributed by atoms with E-state index in [2.05, 4.69) is 16.9 Å². The van der Waals surface area contributed by atoms with Gasteiger partial charge in [0.1, 0.15) is 5.82 Å². The van der Waals surface area contributed by atoms with Gasteiger partial charge in [-0.1, -0.05) is 0 Å². The maximum absolute atomic E-state index is 6.18. The molecule has 2 atom stereocenters. The molecule has 2 rings (SSSR count). The van der Waals surface area contributed by atoms with E-state index in [1.807, 2.05) is 12.1 Å². The van der Waals surface area contributed by atoms with Crippen molar-refractivity contribution in [3.63, 3.8) is 0 Å². The number of pyridine rings is 1. The van der Waals surface area contributed by atoms with Crippen molar-refractivity contribution in [3.05, 3.63) is 23.9 Å². The normalized spacial score (nSPS) is 23.5. The van der Waals surface area contributed by atoms with E-state index < -0.39 is 0 Å². The second-order valence-electron chi connectivity index (χ2n) is 4.63. The predicted molar refractivity (Wildman–Crippen MR) is 67.6 cm³/mol. The molecule has 2 unspecified atom stereocenters. The van der Waals surface area contributed by atoms with Crippen LogP contribution in [0, 0.1) is 0 Å². The van der Waals surface area contributed by atoms with Crippen LogP contribution in [0.1, 0.15) is 5.56 Å². The zero-order valence-electron chi connectivity index (χ0n) is 10.2. The molecule has 0 radical (unpaired) electrons. The molecule has 94 valence electrons. The molecule has 1 fully saturated rings. The summed E-state index contributed by atoms with van der Waals surface area (Å²) >= 11 is 0. The Morgan fingerprint density at radius 1 is 1.65 bits per heavy atom. The summed E-state index contributed by atoms with van der Waals surface area (Å²) in [7, 11) is 2.09. The predicted octanol–water partition coefficient (Wildman–Crippen LogP) is -0.136. The molecular formula is C12H20N4O. The minimum atomic E-state index is -0.000417. The number of ether oxygens (including phenoxy) is 1. The van der Waals surface area contributed by atoms with E-state index in [4.69, 9.17) is 16.2 Å². The number of hydrogen-bond donors (Lipinski definition) is 2. The smallest absolute Gasteiger partial charge is 0.123 e. The molecule has 4 N–H and O–H groups in total. The SMILES string of the molecule is CN1CCOC(C(N)Cc2ccnc(N)c2)C1. The molecule has 5 heteroatoms. The molecule has 1 aromatic rings. The van der Waals surface area contributed by atoms with Crippen LogP contribution < -0.4 is 11.5 Å². The van der Waals surface area contributed by atoms with Gasteiger partial charge in [0.2, 0.25) is 0 Å². The number of nitrogen functional groups attached to an aromatic ring is 1. The average Bonchev–Trinajstić information content (AvgIpc) is 2.29. The first-order chi connectivity index (χ1) is 8.15. The molecule has 0 saturated carbocycles. The molecule has 1 aromatic heterocycles. The lowest BCUT2D eigenvalue weighted by molar-refractivity contribution is -0.0319. The number of anilines is 1. The van der Waals surface area contributed by atoms with Gasteiger partial charge in [-0.15, -0.1) is 0 Å². The summed E-state index contributed by atoms with van der Waals surface area (Å²) in [6, 6.07) is 3.81. The Kier molecular flexibility index (Phi) is 3.93. The fourth-order valence-electron chi connectivity index (χ4n) is 2.10. The van der Waals surface area contributed by atoms with E-state index in [0.717, 1.165) is 31.7 Å². The van der Waals surface area contributed by atoms with E-state index in [9.17, 15) is 0 Å². The molecule has 2 heterocycles. The zero-order chi connectivity index (χ0) is 12.3. The first-order valence-corrected chi connectivity index (χ1v) is 5.91. The Bertz CT molecular complexity index is 371. The number of morpholine rings is 1. The summed E-state index contributed by atoms with van der Waals surface area (Å²) in [5.74, 6) is 0.538. The van der Waals surface area contributed by atoms with Crippen LogP contribution in [0.15, 0.2) is 18.3 Å². The molecule has 0 spiro atoms. The van der Waals surface area contributed by atoms with Gasteiger partial charge in [-0.25, -0.2) is 4.98 Å². The molecule has 0 amide bonds. The highest BCUT2D eigenvalue weighted by atomic mass is 16.5. The van der Waals surface area contributed by atoms with Crippen molar-refractivity contribution in [1.29, 1.82) is 0 Å². The number of nitrogens with two attached hydrogens (primary N) is 2. The van der Waals surface area contributed by atoms with Crippen molar-refractivity contribution in [1.82, 2.24) is 9.88 Å². The van der Waals surface area contributed by atoms with Gasteiger partial charge in [-0.3, -0.25) is 0 Å². The minimum Gasteiger partial charge on any atom is -0.384 e. The van der Waals surface area contributed by atoms with Gasteiger partial charge in [0.15, 0.2) is 0 Å². The second kappa shape index (κ2) is 5.44. The summed E-state index contributed by atoms with van der Waals surface area (Å²) in [6.07, 6.45) is 2.58. The van der Waals surface area contributed by atoms with Gasteiger partial charge in [-0.2, -0.15) is 0 Å². The maximum Gasteiger partial charge on any atom is 0.123 e. The van der Waals surface area contributed by atoms with Crippen LogP contribution in [0.3, 0.4) is 0 Å². The first-order valence-electron chi connectivity index (χ1n) is 5.91. The van der Waals surface area contributed by atoms with Crippen LogP contribution >= 0.6 is 0 Å². The third-order valence-electron chi connectivity index (χ3n) is 3.09. The van der Waals surface area contributed by atoms with E-state index in [0.29, 0.717) is 5.82 Å². The van der Waals surface area contributed by atoms with E-state index in [1.165, 1.54) is 0 Å². The fourth-order valence-corrected chi connectivity index (χ4v) is 2.10. The number of nitrogens with zero attached hydrogens (tertiary/aromatic N) is 2. The molecule has 0 bridgehead atoms. The topological polar surface area (TPSA) is 77.4 Å². The highest BCUT2D eigenvalue weighted by Crippen LogP contribution is 2.12. The lowest BCUT2D eigenvalue weighted by Gasteiger charge is -2.33. The van der Waals surface area contributed by atoms with Gasteiger partial charge in [0, 0.05) is 25.3 Å². The first kappa shape index (κ1) is 12.3. The van der Waals surface area contributed by atoms with Crippen LogP contribution in [0.4, 0.5) is 5.82 Å². The number of likely N-dealkylation sites (N-methyl/N-ethyl adjacent to an activating group) is 1. The van der Waals surface area contributed by atoms with Gasteiger partial charge >= 0.3 is 0 Å². The molecule has 0 aliphatic carbocycles.